The third-order valence-electron chi connectivity index (χ3n) is 2.68. The van der Waals surface area contributed by atoms with Gasteiger partial charge in [0.05, 0.1) is 12.2 Å². The second-order valence-corrected chi connectivity index (χ2v) is 4.38. The van der Waals surface area contributed by atoms with Gasteiger partial charge in [-0.1, -0.05) is 30.4 Å². The highest BCUT2D eigenvalue weighted by Gasteiger charge is 2.23. The van der Waals surface area contributed by atoms with Crippen molar-refractivity contribution in [2.45, 2.75) is 18.9 Å². The molecule has 1 aromatic rings. The lowest BCUT2D eigenvalue weighted by atomic mass is 10.1. The zero-order valence-electron chi connectivity index (χ0n) is 11.3. The fourth-order valence-electron chi connectivity index (χ4n) is 1.40. The monoisotopic (exact) mass is 260 g/mol. The molecule has 0 unspecified atom stereocenters. The highest BCUT2D eigenvalue weighted by atomic mass is 16.6. The van der Waals surface area contributed by atoms with Crippen molar-refractivity contribution < 1.29 is 14.3 Å². The van der Waals surface area contributed by atoms with Gasteiger partial charge in [0.2, 0.25) is 0 Å². The molecule has 0 bridgehead atoms. The molecule has 3 nitrogen and oxygen atoms in total. The molecule has 3 heteroatoms. The first kappa shape index (κ1) is 15.2. The van der Waals surface area contributed by atoms with E-state index in [0.29, 0.717) is 12.2 Å². The molecule has 0 radical (unpaired) electrons. The molecule has 1 aromatic carbocycles. The van der Waals surface area contributed by atoms with Gasteiger partial charge in [-0.2, -0.15) is 0 Å². The summed E-state index contributed by atoms with van der Waals surface area (Å²) in [6.45, 7) is 9.85. The van der Waals surface area contributed by atoms with E-state index in [1.165, 1.54) is 0 Å². The lowest BCUT2D eigenvalue weighted by Gasteiger charge is -2.25. The van der Waals surface area contributed by atoms with Crippen LogP contribution in [0, 0.1) is 0 Å². The number of hydrogen-bond acceptors (Lipinski definition) is 3. The van der Waals surface area contributed by atoms with E-state index < -0.39 is 5.60 Å². The number of carbonyl (C=O) groups excluding carboxylic acids is 1. The molecule has 0 spiro atoms. The van der Waals surface area contributed by atoms with Gasteiger partial charge in [0, 0.05) is 0 Å². The summed E-state index contributed by atoms with van der Waals surface area (Å²) in [6, 6.07) is 8.87. The summed E-state index contributed by atoms with van der Waals surface area (Å²) in [7, 11) is 0. The zero-order chi connectivity index (χ0) is 14.1. The molecule has 1 rings (SSSR count). The second kappa shape index (κ2) is 7.54. The van der Waals surface area contributed by atoms with Crippen LogP contribution in [0.2, 0.25) is 0 Å². The van der Waals surface area contributed by atoms with Crippen LogP contribution in [0.4, 0.5) is 0 Å². The summed E-state index contributed by atoms with van der Waals surface area (Å²) in [5, 5.41) is 0. The third-order valence-corrected chi connectivity index (χ3v) is 2.68. The first-order valence-corrected chi connectivity index (χ1v) is 6.22. The smallest absolute Gasteiger partial charge is 0.338 e. The Morgan fingerprint density at radius 1 is 1.32 bits per heavy atom. The van der Waals surface area contributed by atoms with Crippen molar-refractivity contribution in [2.24, 2.45) is 0 Å². The van der Waals surface area contributed by atoms with Crippen LogP contribution < -0.4 is 0 Å². The maximum atomic E-state index is 11.8. The van der Waals surface area contributed by atoms with Crippen molar-refractivity contribution in [1.29, 1.82) is 0 Å². The summed E-state index contributed by atoms with van der Waals surface area (Å²) in [6.07, 6.45) is 4.17. The Labute approximate surface area is 114 Å². The van der Waals surface area contributed by atoms with E-state index in [1.54, 1.807) is 36.4 Å². The molecule has 0 aromatic heterocycles. The number of esters is 1. The molecule has 0 aliphatic rings. The lowest BCUT2D eigenvalue weighted by Crippen LogP contribution is -2.33. The van der Waals surface area contributed by atoms with Crippen LogP contribution in [-0.4, -0.2) is 24.8 Å². The van der Waals surface area contributed by atoms with Crippen LogP contribution in [-0.2, 0) is 9.47 Å². The van der Waals surface area contributed by atoms with Crippen molar-refractivity contribution in [3.8, 4) is 0 Å². The minimum atomic E-state index is -0.673. The number of benzene rings is 1. The van der Waals surface area contributed by atoms with E-state index in [0.717, 1.165) is 6.42 Å². The van der Waals surface area contributed by atoms with E-state index in [1.807, 2.05) is 13.0 Å². The number of carbonyl (C=O) groups is 1. The summed E-state index contributed by atoms with van der Waals surface area (Å²) in [4.78, 5) is 11.8. The molecule has 1 atom stereocenters. The molecule has 0 heterocycles. The van der Waals surface area contributed by atoms with Crippen LogP contribution in [0.25, 0.3) is 0 Å². The highest BCUT2D eigenvalue weighted by molar-refractivity contribution is 5.89. The molecular formula is C16H20O3. The maximum Gasteiger partial charge on any atom is 0.338 e. The molecule has 0 amide bonds. The van der Waals surface area contributed by atoms with Crippen LogP contribution in [0.15, 0.2) is 55.6 Å². The average Bonchev–Trinajstić information content (AvgIpc) is 2.46. The largest absolute Gasteiger partial charge is 0.459 e. The van der Waals surface area contributed by atoms with Crippen LogP contribution in [0.3, 0.4) is 0 Å². The molecule has 19 heavy (non-hydrogen) atoms. The Hall–Kier alpha value is -1.87. The van der Waals surface area contributed by atoms with E-state index in [2.05, 4.69) is 13.2 Å². The minimum absolute atomic E-state index is 0.140. The zero-order valence-corrected chi connectivity index (χ0v) is 11.3. The predicted octanol–water partition coefficient (Wildman–Crippen LogP) is 3.38. The molecule has 0 aliphatic carbocycles. The minimum Gasteiger partial charge on any atom is -0.459 e. The Bertz CT molecular complexity index is 425. The standard InChI is InChI=1S/C16H20O3/c1-4-6-12-19-16(3,5-2)13-18-15(17)14-10-8-7-9-11-14/h4-5,7-11H,1-2,6,12-13H2,3H3/t16-/m1/s1. The van der Waals surface area contributed by atoms with E-state index >= 15 is 0 Å². The fraction of sp³-hybridized carbons (Fsp3) is 0.312. The van der Waals surface area contributed by atoms with Crippen molar-refractivity contribution in [3.05, 3.63) is 61.2 Å². The first-order chi connectivity index (χ1) is 9.11. The van der Waals surface area contributed by atoms with Gasteiger partial charge in [0.1, 0.15) is 12.2 Å². The topological polar surface area (TPSA) is 35.5 Å². The Morgan fingerprint density at radius 2 is 2.00 bits per heavy atom. The molecule has 102 valence electrons. The number of hydrogen-bond donors (Lipinski definition) is 0. The number of rotatable bonds is 8. The molecule has 0 saturated heterocycles. The Kier molecular flexibility index (Phi) is 6.03. The first-order valence-electron chi connectivity index (χ1n) is 6.22. The van der Waals surface area contributed by atoms with Crippen molar-refractivity contribution >= 4 is 5.97 Å². The summed E-state index contributed by atoms with van der Waals surface area (Å²) >= 11 is 0. The van der Waals surface area contributed by atoms with Crippen LogP contribution >= 0.6 is 0 Å². The van der Waals surface area contributed by atoms with Crippen molar-refractivity contribution in [3.63, 3.8) is 0 Å². The molecule has 0 N–H and O–H groups in total. The van der Waals surface area contributed by atoms with Gasteiger partial charge in [0.25, 0.3) is 0 Å². The third kappa shape index (κ3) is 5.10. The highest BCUT2D eigenvalue weighted by Crippen LogP contribution is 2.14. The summed E-state index contributed by atoms with van der Waals surface area (Å²) in [5.74, 6) is -0.360. The maximum absolute atomic E-state index is 11.8. The SMILES string of the molecule is C=CCCO[C@](C)(C=C)COC(=O)c1ccccc1. The van der Waals surface area contributed by atoms with E-state index in [-0.39, 0.29) is 12.6 Å². The van der Waals surface area contributed by atoms with Crippen LogP contribution in [0.5, 0.6) is 0 Å². The van der Waals surface area contributed by atoms with Crippen molar-refractivity contribution in [2.75, 3.05) is 13.2 Å². The Morgan fingerprint density at radius 3 is 2.58 bits per heavy atom. The molecule has 0 aliphatic heterocycles. The average molecular weight is 260 g/mol. The van der Waals surface area contributed by atoms with Gasteiger partial charge in [-0.3, -0.25) is 0 Å². The summed E-state index contributed by atoms with van der Waals surface area (Å²) < 4.78 is 10.9. The van der Waals surface area contributed by atoms with E-state index in [4.69, 9.17) is 9.47 Å². The van der Waals surface area contributed by atoms with Gasteiger partial charge in [-0.15, -0.1) is 13.2 Å². The normalized spacial score (nSPS) is 13.3. The molecular weight excluding hydrogens is 240 g/mol. The second-order valence-electron chi connectivity index (χ2n) is 4.38. The van der Waals surface area contributed by atoms with Gasteiger partial charge in [-0.05, 0) is 25.5 Å². The van der Waals surface area contributed by atoms with Gasteiger partial charge >= 0.3 is 5.97 Å². The van der Waals surface area contributed by atoms with Gasteiger partial charge < -0.3 is 9.47 Å². The summed E-state index contributed by atoms with van der Waals surface area (Å²) in [5.41, 5.74) is -0.145. The molecule has 0 saturated carbocycles. The van der Waals surface area contributed by atoms with Gasteiger partial charge in [0.15, 0.2) is 0 Å². The van der Waals surface area contributed by atoms with Crippen LogP contribution in [0.1, 0.15) is 23.7 Å². The lowest BCUT2D eigenvalue weighted by molar-refractivity contribution is -0.0419. The van der Waals surface area contributed by atoms with Gasteiger partial charge in [-0.25, -0.2) is 4.79 Å². The molecule has 0 fully saturated rings. The van der Waals surface area contributed by atoms with E-state index in [9.17, 15) is 4.79 Å². The van der Waals surface area contributed by atoms with Crippen molar-refractivity contribution in [1.82, 2.24) is 0 Å². The number of ether oxygens (including phenoxy) is 2. The Balaban J connectivity index is 2.50. The predicted molar refractivity (Wildman–Crippen MR) is 76.1 cm³/mol. The quantitative estimate of drug-likeness (QED) is 0.408. The fourth-order valence-corrected chi connectivity index (χ4v) is 1.40.